The molecular formula is C13H14N4O2. The number of esters is 1. The number of nitriles is 1. The van der Waals surface area contributed by atoms with Crippen LogP contribution in [0.25, 0.3) is 0 Å². The number of nitrogens with zero attached hydrogens (tertiary/aromatic N) is 1. The van der Waals surface area contributed by atoms with Crippen LogP contribution in [0, 0.1) is 16.9 Å². The van der Waals surface area contributed by atoms with E-state index in [-0.39, 0.29) is 5.96 Å². The standard InChI is InChI=1S/C13H14N4O2/c1-2-12(18)19-8-7-10-3-5-11(6-4-10)17-13(15)16-9-14/h2-6H,1,7-8H2,(H3,15,16,17). The van der Waals surface area contributed by atoms with Crippen LogP contribution in [0.4, 0.5) is 5.69 Å². The fourth-order valence-electron chi connectivity index (χ4n) is 1.31. The first-order valence-electron chi connectivity index (χ1n) is 5.54. The molecule has 3 N–H and O–H groups in total. The summed E-state index contributed by atoms with van der Waals surface area (Å²) in [6.07, 6.45) is 3.38. The van der Waals surface area contributed by atoms with Gasteiger partial charge in [0.15, 0.2) is 6.19 Å². The van der Waals surface area contributed by atoms with Gasteiger partial charge in [-0.05, 0) is 17.7 Å². The predicted molar refractivity (Wildman–Crippen MR) is 71.4 cm³/mol. The van der Waals surface area contributed by atoms with E-state index < -0.39 is 5.97 Å². The third kappa shape index (κ3) is 5.37. The minimum absolute atomic E-state index is 0.0878. The van der Waals surface area contributed by atoms with Gasteiger partial charge in [0.2, 0.25) is 5.96 Å². The Morgan fingerprint density at radius 2 is 2.16 bits per heavy atom. The number of carbonyl (C=O) groups excluding carboxylic acids is 1. The van der Waals surface area contributed by atoms with Crippen molar-refractivity contribution in [3.8, 4) is 6.19 Å². The fourth-order valence-corrected chi connectivity index (χ4v) is 1.31. The maximum absolute atomic E-state index is 10.8. The van der Waals surface area contributed by atoms with Gasteiger partial charge in [0.05, 0.1) is 6.61 Å². The lowest BCUT2D eigenvalue weighted by atomic mass is 10.1. The topological polar surface area (TPSA) is 98.0 Å². The number of ether oxygens (including phenoxy) is 1. The summed E-state index contributed by atoms with van der Waals surface area (Å²) in [5.74, 6) is -0.524. The highest BCUT2D eigenvalue weighted by molar-refractivity contribution is 5.92. The van der Waals surface area contributed by atoms with Crippen LogP contribution in [-0.4, -0.2) is 18.5 Å². The van der Waals surface area contributed by atoms with E-state index in [9.17, 15) is 4.79 Å². The van der Waals surface area contributed by atoms with Crippen LogP contribution in [0.2, 0.25) is 0 Å². The highest BCUT2D eigenvalue weighted by Crippen LogP contribution is 2.09. The lowest BCUT2D eigenvalue weighted by Crippen LogP contribution is -2.24. The third-order valence-electron chi connectivity index (χ3n) is 2.21. The van der Waals surface area contributed by atoms with Crippen LogP contribution in [0.3, 0.4) is 0 Å². The Bertz CT molecular complexity index is 502. The maximum atomic E-state index is 10.8. The number of nitrogens with one attached hydrogen (secondary N) is 3. The second-order valence-corrected chi connectivity index (χ2v) is 3.56. The van der Waals surface area contributed by atoms with E-state index in [2.05, 4.69) is 17.2 Å². The van der Waals surface area contributed by atoms with Crippen molar-refractivity contribution in [3.05, 3.63) is 42.5 Å². The number of guanidine groups is 1. The molecule has 1 rings (SSSR count). The average Bonchev–Trinajstić information content (AvgIpc) is 2.41. The lowest BCUT2D eigenvalue weighted by molar-refractivity contribution is -0.137. The molecule has 0 saturated heterocycles. The molecule has 0 radical (unpaired) electrons. The van der Waals surface area contributed by atoms with E-state index in [1.54, 1.807) is 18.3 Å². The second-order valence-electron chi connectivity index (χ2n) is 3.56. The molecule has 6 heteroatoms. The Morgan fingerprint density at radius 1 is 1.47 bits per heavy atom. The largest absolute Gasteiger partial charge is 0.462 e. The highest BCUT2D eigenvalue weighted by atomic mass is 16.5. The lowest BCUT2D eigenvalue weighted by Gasteiger charge is -2.07. The molecule has 0 unspecified atom stereocenters. The summed E-state index contributed by atoms with van der Waals surface area (Å²) in [6.45, 7) is 3.60. The zero-order valence-corrected chi connectivity index (χ0v) is 10.3. The Balaban J connectivity index is 2.43. The van der Waals surface area contributed by atoms with Crippen molar-refractivity contribution in [2.45, 2.75) is 6.42 Å². The minimum Gasteiger partial charge on any atom is -0.462 e. The molecule has 0 aromatic heterocycles. The van der Waals surface area contributed by atoms with Crippen LogP contribution in [0.15, 0.2) is 36.9 Å². The van der Waals surface area contributed by atoms with E-state index in [1.807, 2.05) is 12.1 Å². The van der Waals surface area contributed by atoms with Gasteiger partial charge in [-0.1, -0.05) is 18.7 Å². The van der Waals surface area contributed by atoms with Crippen LogP contribution in [0.5, 0.6) is 0 Å². The summed E-state index contributed by atoms with van der Waals surface area (Å²) in [5, 5.41) is 20.6. The molecule has 0 amide bonds. The van der Waals surface area contributed by atoms with E-state index >= 15 is 0 Å². The normalized spacial score (nSPS) is 9.00. The van der Waals surface area contributed by atoms with Gasteiger partial charge < -0.3 is 10.1 Å². The SMILES string of the molecule is C=CC(=O)OCCc1ccc(NC(=N)NC#N)cc1. The fraction of sp³-hybridized carbons (Fsp3) is 0.154. The Labute approximate surface area is 111 Å². The number of benzene rings is 1. The van der Waals surface area contributed by atoms with Gasteiger partial charge in [0.1, 0.15) is 0 Å². The monoisotopic (exact) mass is 258 g/mol. The molecule has 0 aliphatic carbocycles. The smallest absolute Gasteiger partial charge is 0.330 e. The molecule has 1 aromatic rings. The van der Waals surface area contributed by atoms with E-state index in [0.717, 1.165) is 11.6 Å². The summed E-state index contributed by atoms with van der Waals surface area (Å²) in [5.41, 5.74) is 1.70. The Hall–Kier alpha value is -2.81. The molecular weight excluding hydrogens is 244 g/mol. The first-order chi connectivity index (χ1) is 9.15. The van der Waals surface area contributed by atoms with Crippen molar-refractivity contribution in [3.63, 3.8) is 0 Å². The van der Waals surface area contributed by atoms with Gasteiger partial charge in [-0.2, -0.15) is 5.26 Å². The first-order valence-corrected chi connectivity index (χ1v) is 5.54. The Morgan fingerprint density at radius 3 is 2.74 bits per heavy atom. The summed E-state index contributed by atoms with van der Waals surface area (Å²) in [7, 11) is 0. The molecule has 0 spiro atoms. The van der Waals surface area contributed by atoms with Crippen molar-refractivity contribution in [1.82, 2.24) is 5.32 Å². The second kappa shape index (κ2) is 7.50. The molecule has 0 aliphatic rings. The van der Waals surface area contributed by atoms with Gasteiger partial charge in [0.25, 0.3) is 0 Å². The first kappa shape index (κ1) is 14.3. The molecule has 19 heavy (non-hydrogen) atoms. The average molecular weight is 258 g/mol. The molecule has 98 valence electrons. The minimum atomic E-state index is -0.436. The number of carbonyl (C=O) groups is 1. The molecule has 1 aromatic carbocycles. The van der Waals surface area contributed by atoms with Crippen molar-refractivity contribution in [2.24, 2.45) is 0 Å². The quantitative estimate of drug-likeness (QED) is 0.185. The molecule has 0 fully saturated rings. The maximum Gasteiger partial charge on any atom is 0.330 e. The van der Waals surface area contributed by atoms with Crippen LogP contribution >= 0.6 is 0 Å². The molecule has 0 atom stereocenters. The Kier molecular flexibility index (Phi) is 5.63. The number of hydrogen-bond acceptors (Lipinski definition) is 4. The van der Waals surface area contributed by atoms with Crippen molar-refractivity contribution in [1.29, 1.82) is 10.7 Å². The van der Waals surface area contributed by atoms with Crippen LogP contribution < -0.4 is 10.6 Å². The van der Waals surface area contributed by atoms with Crippen LogP contribution in [0.1, 0.15) is 5.56 Å². The van der Waals surface area contributed by atoms with E-state index in [1.165, 1.54) is 0 Å². The van der Waals surface area contributed by atoms with Gasteiger partial charge >= 0.3 is 5.97 Å². The molecule has 0 aliphatic heterocycles. The van der Waals surface area contributed by atoms with Gasteiger partial charge in [-0.15, -0.1) is 0 Å². The van der Waals surface area contributed by atoms with E-state index in [0.29, 0.717) is 18.7 Å². The van der Waals surface area contributed by atoms with Crippen molar-refractivity contribution in [2.75, 3.05) is 11.9 Å². The molecule has 0 heterocycles. The molecule has 0 bridgehead atoms. The van der Waals surface area contributed by atoms with Crippen molar-refractivity contribution >= 4 is 17.6 Å². The van der Waals surface area contributed by atoms with Gasteiger partial charge in [0, 0.05) is 18.2 Å². The zero-order chi connectivity index (χ0) is 14.1. The van der Waals surface area contributed by atoms with Gasteiger partial charge in [-0.25, -0.2) is 4.79 Å². The van der Waals surface area contributed by atoms with Crippen LogP contribution in [-0.2, 0) is 16.0 Å². The predicted octanol–water partition coefficient (Wildman–Crippen LogP) is 1.38. The van der Waals surface area contributed by atoms with Gasteiger partial charge in [-0.3, -0.25) is 10.7 Å². The molecule has 6 nitrogen and oxygen atoms in total. The summed E-state index contributed by atoms with van der Waals surface area (Å²) in [4.78, 5) is 10.8. The summed E-state index contributed by atoms with van der Waals surface area (Å²) >= 11 is 0. The number of hydrogen-bond donors (Lipinski definition) is 3. The zero-order valence-electron chi connectivity index (χ0n) is 10.3. The highest BCUT2D eigenvalue weighted by Gasteiger charge is 1.99. The number of anilines is 1. The number of rotatable bonds is 5. The molecule has 0 saturated carbocycles. The summed E-state index contributed by atoms with van der Waals surface area (Å²) in [6, 6.07) is 7.25. The van der Waals surface area contributed by atoms with Crippen molar-refractivity contribution < 1.29 is 9.53 Å². The summed E-state index contributed by atoms with van der Waals surface area (Å²) < 4.78 is 4.87. The van der Waals surface area contributed by atoms with E-state index in [4.69, 9.17) is 15.4 Å². The third-order valence-corrected chi connectivity index (χ3v) is 2.21.